The Balaban J connectivity index is 2.44. The molecule has 1 fully saturated rings. The molecular formula is C14H18N2O4. The minimum Gasteiger partial charge on any atom is -0.478 e. The number of hydrogen-bond donors (Lipinski definition) is 1. The van der Waals surface area contributed by atoms with E-state index in [0.717, 1.165) is 19.4 Å². The van der Waals surface area contributed by atoms with Crippen LogP contribution in [0.25, 0.3) is 0 Å². The summed E-state index contributed by atoms with van der Waals surface area (Å²) in [6.07, 6.45) is 2.02. The monoisotopic (exact) mass is 278 g/mol. The molecule has 1 heterocycles. The molecule has 1 aliphatic heterocycles. The molecule has 0 bridgehead atoms. The second kappa shape index (κ2) is 5.11. The Kier molecular flexibility index (Phi) is 3.65. The molecule has 20 heavy (non-hydrogen) atoms. The third kappa shape index (κ3) is 2.89. The summed E-state index contributed by atoms with van der Waals surface area (Å²) >= 11 is 0. The van der Waals surface area contributed by atoms with Crippen molar-refractivity contribution in [3.05, 3.63) is 33.9 Å². The summed E-state index contributed by atoms with van der Waals surface area (Å²) in [4.78, 5) is 23.6. The van der Waals surface area contributed by atoms with Crippen molar-refractivity contribution < 1.29 is 14.8 Å². The predicted molar refractivity (Wildman–Crippen MR) is 75.3 cm³/mol. The number of piperidine rings is 1. The first-order valence-electron chi connectivity index (χ1n) is 6.57. The van der Waals surface area contributed by atoms with E-state index in [1.807, 2.05) is 4.90 Å². The van der Waals surface area contributed by atoms with Gasteiger partial charge in [-0.05, 0) is 24.3 Å². The van der Waals surface area contributed by atoms with Crippen LogP contribution in [0.15, 0.2) is 18.2 Å². The van der Waals surface area contributed by atoms with Crippen molar-refractivity contribution in [3.8, 4) is 0 Å². The molecular weight excluding hydrogens is 260 g/mol. The van der Waals surface area contributed by atoms with Crippen molar-refractivity contribution in [2.24, 2.45) is 5.41 Å². The molecule has 1 aliphatic rings. The van der Waals surface area contributed by atoms with Crippen molar-refractivity contribution in [3.63, 3.8) is 0 Å². The van der Waals surface area contributed by atoms with Crippen LogP contribution in [0.5, 0.6) is 0 Å². The maximum atomic E-state index is 11.3. The molecule has 0 amide bonds. The lowest BCUT2D eigenvalue weighted by Gasteiger charge is -2.39. The highest BCUT2D eigenvalue weighted by Crippen LogP contribution is 2.34. The number of carboxylic acid groups (broad SMARTS) is 1. The average molecular weight is 278 g/mol. The van der Waals surface area contributed by atoms with Gasteiger partial charge in [0, 0.05) is 25.2 Å². The molecule has 1 aromatic rings. The van der Waals surface area contributed by atoms with Gasteiger partial charge in [0.25, 0.3) is 5.69 Å². The number of rotatable bonds is 3. The van der Waals surface area contributed by atoms with E-state index in [1.165, 1.54) is 18.2 Å². The molecule has 0 unspecified atom stereocenters. The predicted octanol–water partition coefficient (Wildman–Crippen LogP) is 2.92. The first-order chi connectivity index (χ1) is 9.30. The van der Waals surface area contributed by atoms with Gasteiger partial charge >= 0.3 is 5.97 Å². The van der Waals surface area contributed by atoms with E-state index >= 15 is 0 Å². The summed E-state index contributed by atoms with van der Waals surface area (Å²) in [6.45, 7) is 5.67. The Bertz CT molecular complexity index is 554. The maximum absolute atomic E-state index is 11.3. The zero-order valence-electron chi connectivity index (χ0n) is 11.6. The van der Waals surface area contributed by atoms with Gasteiger partial charge in [0.05, 0.1) is 16.2 Å². The Morgan fingerprint density at radius 2 is 2.15 bits per heavy atom. The topological polar surface area (TPSA) is 83.7 Å². The maximum Gasteiger partial charge on any atom is 0.337 e. The number of carboxylic acids is 1. The van der Waals surface area contributed by atoms with Crippen LogP contribution in [-0.2, 0) is 0 Å². The summed E-state index contributed by atoms with van der Waals surface area (Å²) in [5.74, 6) is -1.06. The largest absolute Gasteiger partial charge is 0.478 e. The van der Waals surface area contributed by atoms with E-state index in [0.29, 0.717) is 12.2 Å². The molecule has 1 N–H and O–H groups in total. The zero-order chi connectivity index (χ0) is 14.9. The number of aromatic carboxylic acids is 1. The number of non-ortho nitro benzene ring substituents is 1. The van der Waals surface area contributed by atoms with Gasteiger partial charge in [0.2, 0.25) is 0 Å². The van der Waals surface area contributed by atoms with E-state index in [4.69, 9.17) is 0 Å². The molecule has 6 nitrogen and oxygen atoms in total. The van der Waals surface area contributed by atoms with Crippen molar-refractivity contribution >= 4 is 17.3 Å². The van der Waals surface area contributed by atoms with Gasteiger partial charge in [0.1, 0.15) is 0 Å². The van der Waals surface area contributed by atoms with E-state index in [9.17, 15) is 20.0 Å². The van der Waals surface area contributed by atoms with E-state index < -0.39 is 10.9 Å². The Hall–Kier alpha value is -2.11. The standard InChI is InChI=1S/C14H18N2O4/c1-14(2)6-3-7-15(9-14)12-8-10(16(19)20)4-5-11(12)13(17)18/h4-5,8H,3,6-7,9H2,1-2H3,(H,17,18). The summed E-state index contributed by atoms with van der Waals surface area (Å²) < 4.78 is 0. The summed E-state index contributed by atoms with van der Waals surface area (Å²) in [5.41, 5.74) is 0.569. The molecule has 0 aliphatic carbocycles. The highest BCUT2D eigenvalue weighted by molar-refractivity contribution is 5.95. The SMILES string of the molecule is CC1(C)CCCN(c2cc([N+](=O)[O-])ccc2C(=O)O)C1. The number of nitro groups is 1. The van der Waals surface area contributed by atoms with Crippen LogP contribution in [-0.4, -0.2) is 29.1 Å². The number of nitro benzene ring substituents is 1. The van der Waals surface area contributed by atoms with Crippen LogP contribution in [0, 0.1) is 15.5 Å². The van der Waals surface area contributed by atoms with Crippen molar-refractivity contribution in [1.29, 1.82) is 0 Å². The Morgan fingerprint density at radius 3 is 2.70 bits per heavy atom. The molecule has 108 valence electrons. The van der Waals surface area contributed by atoms with Gasteiger partial charge < -0.3 is 10.0 Å². The summed E-state index contributed by atoms with van der Waals surface area (Å²) in [5, 5.41) is 20.1. The van der Waals surface area contributed by atoms with Crippen molar-refractivity contribution in [2.75, 3.05) is 18.0 Å². The first kappa shape index (κ1) is 14.3. The highest BCUT2D eigenvalue weighted by Gasteiger charge is 2.29. The molecule has 1 saturated heterocycles. The minimum atomic E-state index is -1.06. The Morgan fingerprint density at radius 1 is 1.45 bits per heavy atom. The lowest BCUT2D eigenvalue weighted by molar-refractivity contribution is -0.384. The average Bonchev–Trinajstić information content (AvgIpc) is 2.36. The van der Waals surface area contributed by atoms with Crippen LogP contribution in [0.3, 0.4) is 0 Å². The normalized spacial score (nSPS) is 17.8. The van der Waals surface area contributed by atoms with Crippen LogP contribution >= 0.6 is 0 Å². The zero-order valence-corrected chi connectivity index (χ0v) is 11.6. The first-order valence-corrected chi connectivity index (χ1v) is 6.57. The van der Waals surface area contributed by atoms with Crippen LogP contribution in [0.2, 0.25) is 0 Å². The smallest absolute Gasteiger partial charge is 0.337 e. The quantitative estimate of drug-likeness (QED) is 0.678. The molecule has 0 radical (unpaired) electrons. The van der Waals surface area contributed by atoms with Crippen LogP contribution in [0.4, 0.5) is 11.4 Å². The van der Waals surface area contributed by atoms with Crippen molar-refractivity contribution in [1.82, 2.24) is 0 Å². The fourth-order valence-electron chi connectivity index (χ4n) is 2.70. The molecule has 0 spiro atoms. The minimum absolute atomic E-state index is 0.0756. The lowest BCUT2D eigenvalue weighted by atomic mass is 9.84. The molecule has 0 aromatic heterocycles. The number of benzene rings is 1. The van der Waals surface area contributed by atoms with E-state index in [2.05, 4.69) is 13.8 Å². The number of hydrogen-bond acceptors (Lipinski definition) is 4. The van der Waals surface area contributed by atoms with Crippen LogP contribution in [0.1, 0.15) is 37.0 Å². The number of nitrogens with zero attached hydrogens (tertiary/aromatic N) is 2. The van der Waals surface area contributed by atoms with Gasteiger partial charge in [-0.3, -0.25) is 10.1 Å². The molecule has 1 aromatic carbocycles. The number of carbonyl (C=O) groups is 1. The lowest BCUT2D eigenvalue weighted by Crippen LogP contribution is -2.40. The van der Waals surface area contributed by atoms with Gasteiger partial charge in [0.15, 0.2) is 0 Å². The van der Waals surface area contributed by atoms with E-state index in [-0.39, 0.29) is 16.7 Å². The molecule has 0 saturated carbocycles. The van der Waals surface area contributed by atoms with Crippen LogP contribution < -0.4 is 4.90 Å². The van der Waals surface area contributed by atoms with Crippen molar-refractivity contribution in [2.45, 2.75) is 26.7 Å². The fraction of sp³-hybridized carbons (Fsp3) is 0.500. The van der Waals surface area contributed by atoms with Gasteiger partial charge in [-0.15, -0.1) is 0 Å². The third-order valence-electron chi connectivity index (χ3n) is 3.66. The molecule has 2 rings (SSSR count). The summed E-state index contributed by atoms with van der Waals surface area (Å²) in [6, 6.07) is 3.92. The third-order valence-corrected chi connectivity index (χ3v) is 3.66. The second-order valence-corrected chi connectivity index (χ2v) is 5.95. The van der Waals surface area contributed by atoms with Gasteiger partial charge in [-0.1, -0.05) is 13.8 Å². The highest BCUT2D eigenvalue weighted by atomic mass is 16.6. The van der Waals surface area contributed by atoms with Gasteiger partial charge in [-0.25, -0.2) is 4.79 Å². The summed E-state index contributed by atoms with van der Waals surface area (Å²) in [7, 11) is 0. The molecule has 0 atom stereocenters. The fourth-order valence-corrected chi connectivity index (χ4v) is 2.70. The van der Waals surface area contributed by atoms with Gasteiger partial charge in [-0.2, -0.15) is 0 Å². The second-order valence-electron chi connectivity index (χ2n) is 5.95. The number of anilines is 1. The Labute approximate surface area is 117 Å². The van der Waals surface area contributed by atoms with E-state index in [1.54, 1.807) is 0 Å². The molecule has 6 heteroatoms.